The largest absolute Gasteiger partial charge is 0.447 e. The SMILES string of the molecule is [2H]B([3H])SOCC(N)C(=O)NC(C)C(=O)NC1CCCN(/C(N)=N\C(=O)OCC2c3ccccc3-c3ccccc32)C1O[3H]. The van der Waals surface area contributed by atoms with Crippen LogP contribution in [0.3, 0.4) is 0 Å². The number of ether oxygens (including phenoxy) is 1. The minimum Gasteiger partial charge on any atom is -0.447 e. The number of hydrogen-bond donors (Lipinski definition) is 5. The third-order valence-electron chi connectivity index (χ3n) is 7.13. The first kappa shape index (κ1) is 26.3. The molecule has 4 atom stereocenters. The van der Waals surface area contributed by atoms with E-state index < -0.39 is 49.3 Å². The Morgan fingerprint density at radius 1 is 1.27 bits per heavy atom. The second-order valence-electron chi connectivity index (χ2n) is 9.83. The third-order valence-corrected chi connectivity index (χ3v) is 7.41. The van der Waals surface area contributed by atoms with Crippen molar-refractivity contribution in [3.05, 3.63) is 59.7 Å². The molecule has 2 aromatic carbocycles. The Morgan fingerprint density at radius 2 is 1.95 bits per heavy atom. The van der Waals surface area contributed by atoms with Crippen molar-refractivity contribution < 1.29 is 28.4 Å². The minimum atomic E-state index is -1.28. The zero-order chi connectivity index (χ0) is 31.8. The maximum Gasteiger partial charge on any atom is 0.436 e. The van der Waals surface area contributed by atoms with Crippen molar-refractivity contribution in [3.63, 3.8) is 0 Å². The van der Waals surface area contributed by atoms with Gasteiger partial charge in [0.25, 0.3) is 0 Å². The van der Waals surface area contributed by atoms with Crippen molar-refractivity contribution in [1.82, 2.24) is 15.5 Å². The molecule has 41 heavy (non-hydrogen) atoms. The second-order valence-corrected chi connectivity index (χ2v) is 10.3. The Balaban J connectivity index is 1.32. The summed E-state index contributed by atoms with van der Waals surface area (Å²) in [5.74, 6) is -1.58. The Hall–Kier alpha value is -3.59. The minimum absolute atomic E-state index is 0.0634. The third kappa shape index (κ3) is 7.20. The molecular formula is C27H35BN6O6S. The fourth-order valence-corrected chi connectivity index (χ4v) is 5.25. The number of likely N-dealkylation sites (tertiary alicyclic amines) is 1. The van der Waals surface area contributed by atoms with Gasteiger partial charge in [-0.05, 0) is 44.7 Å². The number of aliphatic hydroxyl groups is 1. The smallest absolute Gasteiger partial charge is 0.436 e. The molecule has 0 radical (unpaired) electrons. The molecule has 1 aliphatic heterocycles. The van der Waals surface area contributed by atoms with Crippen molar-refractivity contribution in [2.75, 3.05) is 19.8 Å². The van der Waals surface area contributed by atoms with Gasteiger partial charge in [0.05, 0.1) is 12.6 Å². The number of piperidine rings is 1. The molecule has 1 fully saturated rings. The summed E-state index contributed by atoms with van der Waals surface area (Å²) in [6.07, 6.45) is -0.970. The first-order chi connectivity index (χ1) is 21.1. The van der Waals surface area contributed by atoms with E-state index in [0.717, 1.165) is 22.3 Å². The highest BCUT2D eigenvalue weighted by Crippen LogP contribution is 2.44. The van der Waals surface area contributed by atoms with E-state index in [9.17, 15) is 14.4 Å². The zero-order valence-corrected chi connectivity index (χ0v) is 23.3. The van der Waals surface area contributed by atoms with Crippen LogP contribution in [0.4, 0.5) is 4.79 Å². The van der Waals surface area contributed by atoms with E-state index in [4.69, 9.17) is 29.6 Å². The van der Waals surface area contributed by atoms with Gasteiger partial charge in [-0.1, -0.05) is 60.4 Å². The summed E-state index contributed by atoms with van der Waals surface area (Å²) < 4.78 is 32.2. The molecule has 218 valence electrons. The molecule has 2 aliphatic rings. The number of aliphatic hydroxyl groups excluding tert-OH is 1. The number of rotatable bonds is 11. The number of aliphatic imine (C=N–C) groups is 1. The van der Waals surface area contributed by atoms with E-state index in [1.54, 1.807) is 0 Å². The van der Waals surface area contributed by atoms with Gasteiger partial charge in [0, 0.05) is 12.5 Å². The number of nitrogens with one attached hydrogen (secondary N) is 2. The van der Waals surface area contributed by atoms with Gasteiger partial charge in [0.2, 0.25) is 26.3 Å². The van der Waals surface area contributed by atoms with Crippen molar-refractivity contribution in [3.8, 4) is 11.1 Å². The highest BCUT2D eigenvalue weighted by Gasteiger charge is 2.34. The van der Waals surface area contributed by atoms with Crippen molar-refractivity contribution in [2.45, 2.75) is 50.0 Å². The molecule has 4 rings (SSSR count). The van der Waals surface area contributed by atoms with Gasteiger partial charge >= 0.3 is 6.09 Å². The highest BCUT2D eigenvalue weighted by molar-refractivity contribution is 8.15. The fourth-order valence-electron chi connectivity index (χ4n) is 5.02. The molecule has 1 heterocycles. The lowest BCUT2D eigenvalue weighted by atomic mass is 9.98. The lowest BCUT2D eigenvalue weighted by Gasteiger charge is -2.39. The summed E-state index contributed by atoms with van der Waals surface area (Å²) in [4.78, 5) is 43.2. The van der Waals surface area contributed by atoms with Gasteiger partial charge < -0.3 is 41.0 Å². The van der Waals surface area contributed by atoms with Crippen LogP contribution in [-0.4, -0.2) is 89.1 Å². The number of carbonyl (C=O) groups excluding carboxylic acids is 3. The second kappa shape index (κ2) is 13.9. The maximum atomic E-state index is 12.9. The van der Waals surface area contributed by atoms with Gasteiger partial charge in [-0.2, -0.15) is 0 Å². The number of carbonyl (C=O) groups is 3. The van der Waals surface area contributed by atoms with E-state index >= 15 is 0 Å². The summed E-state index contributed by atoms with van der Waals surface area (Å²) in [5.41, 5.74) is 16.2. The van der Waals surface area contributed by atoms with Gasteiger partial charge in [0.1, 0.15) is 24.9 Å². The molecule has 0 spiro atoms. The van der Waals surface area contributed by atoms with E-state index in [-0.39, 0.29) is 25.1 Å². The van der Waals surface area contributed by atoms with Crippen LogP contribution in [0.25, 0.3) is 11.1 Å². The van der Waals surface area contributed by atoms with Crippen LogP contribution in [0.15, 0.2) is 53.5 Å². The number of nitrogens with zero attached hydrogens (tertiary/aromatic N) is 2. The van der Waals surface area contributed by atoms with Crippen LogP contribution in [-0.2, 0) is 18.5 Å². The average molecular weight is 588 g/mol. The van der Waals surface area contributed by atoms with E-state index in [1.165, 1.54) is 11.8 Å². The number of amides is 3. The normalized spacial score (nSPS) is 20.9. The van der Waals surface area contributed by atoms with Crippen molar-refractivity contribution >= 4 is 42.8 Å². The Morgan fingerprint density at radius 3 is 2.61 bits per heavy atom. The van der Waals surface area contributed by atoms with E-state index in [2.05, 4.69) is 15.6 Å². The van der Waals surface area contributed by atoms with Crippen LogP contribution in [0.2, 0.25) is 0 Å². The fraction of sp³-hybridized carbons (Fsp3) is 0.407. The summed E-state index contributed by atoms with van der Waals surface area (Å²) in [7, 11) is -1.28. The van der Waals surface area contributed by atoms with Crippen LogP contribution in [0.1, 0.15) is 36.8 Å². The summed E-state index contributed by atoms with van der Waals surface area (Å²) in [5, 5.41) is 10.1. The Labute approximate surface area is 247 Å². The van der Waals surface area contributed by atoms with Gasteiger partial charge in [-0.15, -0.1) is 4.99 Å². The predicted octanol–water partition coefficient (Wildman–Crippen LogP) is 0.194. The monoisotopic (exact) mass is 587 g/mol. The van der Waals surface area contributed by atoms with Gasteiger partial charge in [-0.25, -0.2) is 4.79 Å². The molecular weight excluding hydrogens is 547 g/mol. The topological polar surface area (TPSA) is 182 Å². The molecule has 3 amide bonds. The average Bonchev–Trinajstić information content (AvgIpc) is 3.33. The van der Waals surface area contributed by atoms with Crippen molar-refractivity contribution in [1.29, 1.82) is 4.10 Å². The number of hydrogen-bond acceptors (Lipinski definition) is 8. The Kier molecular flexibility index (Phi) is 8.89. The van der Waals surface area contributed by atoms with E-state index in [1.807, 2.05) is 48.5 Å². The van der Waals surface area contributed by atoms with Crippen LogP contribution >= 0.6 is 11.9 Å². The summed E-state index contributed by atoms with van der Waals surface area (Å²) in [6, 6.07) is 13.1. The number of fused-ring (bicyclic) bond motifs is 3. The summed E-state index contributed by atoms with van der Waals surface area (Å²) in [6.45, 7) is 1.60. The molecule has 1 saturated heterocycles. The molecule has 4 unspecified atom stereocenters. The quantitative estimate of drug-likeness (QED) is 0.105. The standard InChI is InChI=1S/C27H35BN6O6S/c1-15(31-24(36)21(29)14-40-41-28)23(35)32-22-11-6-12-34(25(22)37)26(30)33-27(38)39-13-20-18-9-4-2-7-16(18)17-8-3-5-10-19(17)20/h2-5,7-10,15,20-22,25,37H,6,11-14,28-29H2,1H3,(H,31,36)(H,32,35)(H2,30,33,38)/i28TD,37T. The first-order valence-corrected chi connectivity index (χ1v) is 14.0. The lowest BCUT2D eigenvalue weighted by Crippen LogP contribution is -2.61. The predicted molar refractivity (Wildman–Crippen MR) is 158 cm³/mol. The van der Waals surface area contributed by atoms with Gasteiger partial charge in [0.15, 0.2) is 0 Å². The molecule has 0 saturated carbocycles. The maximum absolute atomic E-state index is 12.9. The molecule has 1 aliphatic carbocycles. The molecule has 2 aromatic rings. The molecule has 12 nitrogen and oxygen atoms in total. The van der Waals surface area contributed by atoms with Gasteiger partial charge in [-0.3, -0.25) is 9.59 Å². The van der Waals surface area contributed by atoms with Crippen LogP contribution in [0.5, 0.6) is 0 Å². The van der Waals surface area contributed by atoms with Crippen LogP contribution < -0.4 is 22.1 Å². The molecule has 0 bridgehead atoms. The zero-order valence-electron chi connectivity index (χ0n) is 25.5. The lowest BCUT2D eigenvalue weighted by molar-refractivity contribution is -0.131. The van der Waals surface area contributed by atoms with Crippen molar-refractivity contribution in [2.24, 2.45) is 16.5 Å². The molecule has 7 N–H and O–H groups in total. The highest BCUT2D eigenvalue weighted by atomic mass is 32.2. The first-order valence-electron chi connectivity index (χ1n) is 14.7. The number of benzene rings is 2. The molecule has 0 aromatic heterocycles. The summed E-state index contributed by atoms with van der Waals surface area (Å²) >= 11 is 0.547. The number of nitrogens with two attached hydrogens (primary N) is 2. The Bertz CT molecular complexity index is 1330. The molecule has 14 heteroatoms. The number of guanidine groups is 1. The van der Waals surface area contributed by atoms with Crippen LogP contribution in [0, 0.1) is 0 Å². The van der Waals surface area contributed by atoms with E-state index in [0.29, 0.717) is 31.3 Å².